The van der Waals surface area contributed by atoms with Crippen molar-refractivity contribution >= 4 is 28.8 Å². The summed E-state index contributed by atoms with van der Waals surface area (Å²) in [6.07, 6.45) is 4.86. The fourth-order valence-corrected chi connectivity index (χ4v) is 5.09. The summed E-state index contributed by atoms with van der Waals surface area (Å²) in [6.45, 7) is 5.03. The number of carbonyl (C=O) groups is 1. The molecule has 1 aliphatic carbocycles. The third-order valence-electron chi connectivity index (χ3n) is 5.74. The molecule has 1 amide bonds. The van der Waals surface area contributed by atoms with Gasteiger partial charge in [0.05, 0.1) is 17.0 Å². The molecule has 0 spiro atoms. The van der Waals surface area contributed by atoms with E-state index in [-0.39, 0.29) is 5.91 Å². The van der Waals surface area contributed by atoms with E-state index in [2.05, 4.69) is 21.9 Å². The van der Waals surface area contributed by atoms with Gasteiger partial charge >= 0.3 is 0 Å². The molecule has 2 aliphatic rings. The van der Waals surface area contributed by atoms with Crippen LogP contribution in [0.5, 0.6) is 0 Å². The summed E-state index contributed by atoms with van der Waals surface area (Å²) in [5.41, 5.74) is -0.588. The van der Waals surface area contributed by atoms with Crippen molar-refractivity contribution in [2.24, 2.45) is 0 Å². The number of amides is 1. The molecule has 1 saturated heterocycles. The molecule has 0 N–H and O–H groups in total. The molecule has 142 valence electrons. The molecule has 1 aliphatic heterocycles. The van der Waals surface area contributed by atoms with E-state index in [9.17, 15) is 10.1 Å². The minimum atomic E-state index is -0.588. The summed E-state index contributed by atoms with van der Waals surface area (Å²) >= 11 is 7.64. The zero-order chi connectivity index (χ0) is 18.6. The normalized spacial score (nSPS) is 21.3. The van der Waals surface area contributed by atoms with Gasteiger partial charge in [-0.1, -0.05) is 30.9 Å². The lowest BCUT2D eigenvalue weighted by Gasteiger charge is -2.41. The van der Waals surface area contributed by atoms with Crippen molar-refractivity contribution in [1.82, 2.24) is 14.7 Å². The summed E-state index contributed by atoms with van der Waals surface area (Å²) in [4.78, 5) is 20.4. The average molecular weight is 395 g/mol. The van der Waals surface area contributed by atoms with E-state index in [1.54, 1.807) is 16.2 Å². The highest BCUT2D eigenvalue weighted by atomic mass is 35.5. The molecular formula is C19H27ClN4OS. The van der Waals surface area contributed by atoms with Gasteiger partial charge in [0.2, 0.25) is 5.91 Å². The van der Waals surface area contributed by atoms with Gasteiger partial charge in [-0.3, -0.25) is 14.6 Å². The van der Waals surface area contributed by atoms with Crippen molar-refractivity contribution in [3.8, 4) is 6.07 Å². The maximum Gasteiger partial charge on any atom is 0.237 e. The van der Waals surface area contributed by atoms with E-state index < -0.39 is 5.54 Å². The first kappa shape index (κ1) is 19.6. The Bertz CT molecular complexity index is 657. The number of likely N-dealkylation sites (N-methyl/N-ethyl adjacent to an activating group) is 1. The van der Waals surface area contributed by atoms with Gasteiger partial charge in [-0.15, -0.1) is 11.3 Å². The molecule has 2 fully saturated rings. The molecule has 1 aromatic heterocycles. The molecule has 5 nitrogen and oxygen atoms in total. The maximum atomic E-state index is 12.8. The van der Waals surface area contributed by atoms with E-state index in [0.717, 1.165) is 62.7 Å². The zero-order valence-electron chi connectivity index (χ0n) is 15.4. The van der Waals surface area contributed by atoms with Gasteiger partial charge in [0.1, 0.15) is 5.54 Å². The van der Waals surface area contributed by atoms with Crippen molar-refractivity contribution in [2.75, 3.05) is 39.8 Å². The van der Waals surface area contributed by atoms with Crippen LogP contribution in [0, 0.1) is 11.3 Å². The standard InChI is InChI=1S/C19H27ClN4OS/c1-22(19(15-21)7-3-2-4-8-19)18(25)14-24-11-9-23(10-12-24)13-16-5-6-17(20)26-16/h5-6H,2-4,7-14H2,1H3. The molecule has 3 rings (SSSR count). The second-order valence-electron chi connectivity index (χ2n) is 7.41. The molecule has 0 unspecified atom stereocenters. The number of hydrogen-bond donors (Lipinski definition) is 0. The topological polar surface area (TPSA) is 50.6 Å². The van der Waals surface area contributed by atoms with Gasteiger partial charge in [0.15, 0.2) is 0 Å². The smallest absolute Gasteiger partial charge is 0.237 e. The Hall–Kier alpha value is -1.13. The van der Waals surface area contributed by atoms with Crippen LogP contribution in [0.15, 0.2) is 12.1 Å². The Morgan fingerprint density at radius 3 is 2.46 bits per heavy atom. The second kappa shape index (κ2) is 8.71. The van der Waals surface area contributed by atoms with Crippen molar-refractivity contribution < 1.29 is 4.79 Å². The number of nitriles is 1. The monoisotopic (exact) mass is 394 g/mol. The number of hydrogen-bond acceptors (Lipinski definition) is 5. The molecule has 0 aromatic carbocycles. The largest absolute Gasteiger partial charge is 0.326 e. The van der Waals surface area contributed by atoms with Crippen LogP contribution in [-0.4, -0.2) is 65.9 Å². The lowest BCUT2D eigenvalue weighted by Crippen LogP contribution is -2.54. The predicted molar refractivity (Wildman–Crippen MR) is 105 cm³/mol. The van der Waals surface area contributed by atoms with Crippen LogP contribution in [0.2, 0.25) is 4.34 Å². The number of halogens is 1. The van der Waals surface area contributed by atoms with Crippen LogP contribution < -0.4 is 0 Å². The molecule has 1 saturated carbocycles. The lowest BCUT2D eigenvalue weighted by molar-refractivity contribution is -0.136. The van der Waals surface area contributed by atoms with Crippen LogP contribution in [0.3, 0.4) is 0 Å². The van der Waals surface area contributed by atoms with Crippen LogP contribution >= 0.6 is 22.9 Å². The summed E-state index contributed by atoms with van der Waals surface area (Å²) in [5, 5.41) is 9.67. The molecular weight excluding hydrogens is 368 g/mol. The van der Waals surface area contributed by atoms with Gasteiger partial charge in [-0.05, 0) is 25.0 Å². The molecule has 0 atom stereocenters. The summed E-state index contributed by atoms with van der Waals surface area (Å²) < 4.78 is 0.835. The van der Waals surface area contributed by atoms with Crippen LogP contribution in [-0.2, 0) is 11.3 Å². The molecule has 0 radical (unpaired) electrons. The summed E-state index contributed by atoms with van der Waals surface area (Å²) in [7, 11) is 1.81. The van der Waals surface area contributed by atoms with Crippen molar-refractivity contribution in [3.05, 3.63) is 21.3 Å². The first-order chi connectivity index (χ1) is 12.5. The van der Waals surface area contributed by atoms with Gasteiger partial charge in [0.25, 0.3) is 0 Å². The third-order valence-corrected chi connectivity index (χ3v) is 6.95. The van der Waals surface area contributed by atoms with Gasteiger partial charge in [-0.2, -0.15) is 5.26 Å². The number of rotatable bonds is 5. The van der Waals surface area contributed by atoms with Gasteiger partial charge in [0, 0.05) is 44.6 Å². The Morgan fingerprint density at radius 2 is 1.88 bits per heavy atom. The number of piperazine rings is 1. The van der Waals surface area contributed by atoms with Crippen molar-refractivity contribution in [3.63, 3.8) is 0 Å². The first-order valence-electron chi connectivity index (χ1n) is 9.39. The van der Waals surface area contributed by atoms with Crippen LogP contribution in [0.4, 0.5) is 0 Å². The fourth-order valence-electron chi connectivity index (χ4n) is 3.96. The minimum absolute atomic E-state index is 0.0759. The first-order valence-corrected chi connectivity index (χ1v) is 10.6. The highest BCUT2D eigenvalue weighted by Crippen LogP contribution is 2.32. The highest BCUT2D eigenvalue weighted by molar-refractivity contribution is 7.16. The van der Waals surface area contributed by atoms with Crippen molar-refractivity contribution in [1.29, 1.82) is 5.26 Å². The quantitative estimate of drug-likeness (QED) is 0.769. The molecule has 0 bridgehead atoms. The molecule has 26 heavy (non-hydrogen) atoms. The fraction of sp³-hybridized carbons (Fsp3) is 0.684. The van der Waals surface area contributed by atoms with E-state index in [0.29, 0.717) is 6.54 Å². The van der Waals surface area contributed by atoms with Crippen LogP contribution in [0.1, 0.15) is 37.0 Å². The Labute approximate surface area is 165 Å². The number of carbonyl (C=O) groups excluding carboxylic acids is 1. The average Bonchev–Trinajstić information content (AvgIpc) is 3.08. The lowest BCUT2D eigenvalue weighted by atomic mass is 9.81. The number of nitrogens with zero attached hydrogens (tertiary/aromatic N) is 4. The highest BCUT2D eigenvalue weighted by Gasteiger charge is 2.39. The van der Waals surface area contributed by atoms with E-state index in [1.807, 2.05) is 13.1 Å². The Morgan fingerprint density at radius 1 is 1.23 bits per heavy atom. The summed E-state index contributed by atoms with van der Waals surface area (Å²) in [5.74, 6) is 0.0759. The van der Waals surface area contributed by atoms with Gasteiger partial charge in [-0.25, -0.2) is 0 Å². The van der Waals surface area contributed by atoms with Crippen molar-refractivity contribution in [2.45, 2.75) is 44.2 Å². The van der Waals surface area contributed by atoms with Crippen LogP contribution in [0.25, 0.3) is 0 Å². The van der Waals surface area contributed by atoms with Gasteiger partial charge < -0.3 is 4.90 Å². The van der Waals surface area contributed by atoms with E-state index in [1.165, 1.54) is 11.3 Å². The zero-order valence-corrected chi connectivity index (χ0v) is 17.0. The molecule has 7 heteroatoms. The maximum absolute atomic E-state index is 12.8. The molecule has 1 aromatic rings. The second-order valence-corrected chi connectivity index (χ2v) is 9.21. The third kappa shape index (κ3) is 4.58. The Kier molecular flexibility index (Phi) is 6.57. The van der Waals surface area contributed by atoms with E-state index >= 15 is 0 Å². The molecule has 2 heterocycles. The predicted octanol–water partition coefficient (Wildman–Crippen LogP) is 3.20. The minimum Gasteiger partial charge on any atom is -0.326 e. The number of thiophene rings is 1. The SMILES string of the molecule is CN(C(=O)CN1CCN(Cc2ccc(Cl)s2)CC1)C1(C#N)CCCCC1. The Balaban J connectivity index is 1.47. The summed E-state index contributed by atoms with van der Waals surface area (Å²) in [6, 6.07) is 6.47. The van der Waals surface area contributed by atoms with E-state index in [4.69, 9.17) is 11.6 Å².